The van der Waals surface area contributed by atoms with E-state index in [0.29, 0.717) is 13.2 Å². The topological polar surface area (TPSA) is 9.23 Å². The average molecular weight is 212 g/mol. The summed E-state index contributed by atoms with van der Waals surface area (Å²) in [6, 6.07) is 14.7. The smallest absolute Gasteiger partial charge is 0.0727 e. The molecule has 0 atom stereocenters. The second-order valence-corrected chi connectivity index (χ2v) is 3.72. The van der Waals surface area contributed by atoms with Crippen molar-refractivity contribution in [2.75, 3.05) is 6.61 Å². The highest BCUT2D eigenvalue weighted by Crippen LogP contribution is 2.18. The highest BCUT2D eigenvalue weighted by atomic mass is 16.5. The third-order valence-electron chi connectivity index (χ3n) is 2.59. The van der Waals surface area contributed by atoms with Crippen molar-refractivity contribution in [2.45, 2.75) is 13.5 Å². The van der Waals surface area contributed by atoms with Gasteiger partial charge in [0.15, 0.2) is 0 Å². The van der Waals surface area contributed by atoms with Crippen LogP contribution in [0.4, 0.5) is 0 Å². The van der Waals surface area contributed by atoms with Crippen molar-refractivity contribution in [1.29, 1.82) is 0 Å². The van der Waals surface area contributed by atoms with E-state index in [1.165, 1.54) is 16.3 Å². The molecule has 0 bridgehead atoms. The first-order valence-electron chi connectivity index (χ1n) is 5.57. The number of allylic oxidation sites excluding steroid dienone is 1. The van der Waals surface area contributed by atoms with Crippen LogP contribution in [0.5, 0.6) is 0 Å². The molecule has 0 spiro atoms. The van der Waals surface area contributed by atoms with Gasteiger partial charge in [-0.25, -0.2) is 0 Å². The molecule has 0 saturated carbocycles. The molecule has 0 aromatic heterocycles. The van der Waals surface area contributed by atoms with Crippen molar-refractivity contribution < 1.29 is 4.74 Å². The molecule has 2 aromatic rings. The summed E-state index contributed by atoms with van der Waals surface area (Å²) in [5, 5.41) is 2.56. The lowest BCUT2D eigenvalue weighted by Crippen LogP contribution is -1.93. The summed E-state index contributed by atoms with van der Waals surface area (Å²) in [5.41, 5.74) is 1.25. The molecular weight excluding hydrogens is 196 g/mol. The van der Waals surface area contributed by atoms with Crippen LogP contribution in [-0.2, 0) is 11.3 Å². The minimum Gasteiger partial charge on any atom is -0.373 e. The molecule has 0 N–H and O–H groups in total. The van der Waals surface area contributed by atoms with Crippen LogP contribution in [0.25, 0.3) is 10.8 Å². The van der Waals surface area contributed by atoms with Gasteiger partial charge >= 0.3 is 0 Å². The molecular formula is C15H16O. The molecule has 1 heteroatoms. The van der Waals surface area contributed by atoms with Gasteiger partial charge in [-0.1, -0.05) is 54.6 Å². The van der Waals surface area contributed by atoms with E-state index in [9.17, 15) is 0 Å². The first-order valence-corrected chi connectivity index (χ1v) is 5.57. The zero-order valence-electron chi connectivity index (χ0n) is 9.52. The monoisotopic (exact) mass is 212 g/mol. The molecule has 0 aliphatic heterocycles. The summed E-state index contributed by atoms with van der Waals surface area (Å²) in [7, 11) is 0. The van der Waals surface area contributed by atoms with Gasteiger partial charge in [-0.2, -0.15) is 0 Å². The molecule has 0 aliphatic rings. The maximum atomic E-state index is 5.58. The van der Waals surface area contributed by atoms with Crippen LogP contribution in [0.15, 0.2) is 54.6 Å². The summed E-state index contributed by atoms with van der Waals surface area (Å²) in [6.07, 6.45) is 4.02. The lowest BCUT2D eigenvalue weighted by atomic mass is 10.1. The van der Waals surface area contributed by atoms with Crippen LogP contribution in [-0.4, -0.2) is 6.61 Å². The van der Waals surface area contributed by atoms with Crippen LogP contribution < -0.4 is 0 Å². The van der Waals surface area contributed by atoms with Crippen molar-refractivity contribution in [3.05, 3.63) is 60.2 Å². The lowest BCUT2D eigenvalue weighted by Gasteiger charge is -2.06. The Bertz CT molecular complexity index is 480. The van der Waals surface area contributed by atoms with E-state index in [4.69, 9.17) is 4.74 Å². The van der Waals surface area contributed by atoms with E-state index in [2.05, 4.69) is 42.5 Å². The van der Waals surface area contributed by atoms with Gasteiger partial charge in [0.1, 0.15) is 0 Å². The van der Waals surface area contributed by atoms with Crippen molar-refractivity contribution in [3.63, 3.8) is 0 Å². The molecule has 0 heterocycles. The number of fused-ring (bicyclic) bond motifs is 1. The van der Waals surface area contributed by atoms with Gasteiger partial charge in [0.05, 0.1) is 13.2 Å². The van der Waals surface area contributed by atoms with Gasteiger partial charge in [0.2, 0.25) is 0 Å². The minimum absolute atomic E-state index is 0.672. The minimum atomic E-state index is 0.672. The SMILES string of the molecule is CC=CCOCc1cccc2ccccc12. The lowest BCUT2D eigenvalue weighted by molar-refractivity contribution is 0.149. The molecule has 1 nitrogen and oxygen atoms in total. The Kier molecular flexibility index (Phi) is 3.73. The quantitative estimate of drug-likeness (QED) is 0.551. The fourth-order valence-corrected chi connectivity index (χ4v) is 1.75. The van der Waals surface area contributed by atoms with Crippen molar-refractivity contribution >= 4 is 10.8 Å². The van der Waals surface area contributed by atoms with E-state index in [1.54, 1.807) is 0 Å². The molecule has 82 valence electrons. The summed E-state index contributed by atoms with van der Waals surface area (Å²) in [6.45, 7) is 3.35. The maximum Gasteiger partial charge on any atom is 0.0727 e. The van der Waals surface area contributed by atoms with E-state index >= 15 is 0 Å². The van der Waals surface area contributed by atoms with E-state index in [-0.39, 0.29) is 0 Å². The van der Waals surface area contributed by atoms with E-state index in [0.717, 1.165) is 0 Å². The van der Waals surface area contributed by atoms with Gasteiger partial charge in [-0.3, -0.25) is 0 Å². The fraction of sp³-hybridized carbons (Fsp3) is 0.200. The number of ether oxygens (including phenoxy) is 1. The number of hydrogen-bond donors (Lipinski definition) is 0. The average Bonchev–Trinajstić information content (AvgIpc) is 2.35. The molecule has 0 aliphatic carbocycles. The zero-order chi connectivity index (χ0) is 11.2. The Morgan fingerprint density at radius 3 is 2.75 bits per heavy atom. The summed E-state index contributed by atoms with van der Waals surface area (Å²) >= 11 is 0. The van der Waals surface area contributed by atoms with Gasteiger partial charge in [0.25, 0.3) is 0 Å². The van der Waals surface area contributed by atoms with Gasteiger partial charge in [-0.15, -0.1) is 0 Å². The van der Waals surface area contributed by atoms with Crippen molar-refractivity contribution in [1.82, 2.24) is 0 Å². The van der Waals surface area contributed by atoms with Crippen LogP contribution in [0.1, 0.15) is 12.5 Å². The summed E-state index contributed by atoms with van der Waals surface area (Å²) < 4.78 is 5.58. The van der Waals surface area contributed by atoms with Crippen LogP contribution >= 0.6 is 0 Å². The Hall–Kier alpha value is -1.60. The second kappa shape index (κ2) is 5.47. The van der Waals surface area contributed by atoms with Crippen molar-refractivity contribution in [3.8, 4) is 0 Å². The van der Waals surface area contributed by atoms with Crippen LogP contribution in [0, 0.1) is 0 Å². The number of hydrogen-bond acceptors (Lipinski definition) is 1. The van der Waals surface area contributed by atoms with Gasteiger partial charge < -0.3 is 4.74 Å². The third-order valence-corrected chi connectivity index (χ3v) is 2.59. The molecule has 0 unspecified atom stereocenters. The Morgan fingerprint density at radius 2 is 1.88 bits per heavy atom. The standard InChI is InChI=1S/C15H16O/c1-2-3-11-16-12-14-9-6-8-13-7-4-5-10-15(13)14/h2-10H,11-12H2,1H3. The first kappa shape index (κ1) is 10.9. The highest BCUT2D eigenvalue weighted by Gasteiger charge is 1.99. The molecule has 16 heavy (non-hydrogen) atoms. The van der Waals surface area contributed by atoms with Crippen LogP contribution in [0.3, 0.4) is 0 Å². The second-order valence-electron chi connectivity index (χ2n) is 3.72. The van der Waals surface area contributed by atoms with Gasteiger partial charge in [-0.05, 0) is 23.3 Å². The molecule has 2 rings (SSSR count). The molecule has 0 amide bonds. The normalized spacial score (nSPS) is 11.3. The Labute approximate surface area is 96.4 Å². The van der Waals surface area contributed by atoms with Crippen LogP contribution in [0.2, 0.25) is 0 Å². The summed E-state index contributed by atoms with van der Waals surface area (Å²) in [5.74, 6) is 0. The fourth-order valence-electron chi connectivity index (χ4n) is 1.75. The van der Waals surface area contributed by atoms with E-state index in [1.807, 2.05) is 19.1 Å². The maximum absolute atomic E-state index is 5.58. The largest absolute Gasteiger partial charge is 0.373 e. The van der Waals surface area contributed by atoms with Crippen molar-refractivity contribution in [2.24, 2.45) is 0 Å². The highest BCUT2D eigenvalue weighted by molar-refractivity contribution is 5.85. The number of rotatable bonds is 4. The Balaban J connectivity index is 2.17. The zero-order valence-corrected chi connectivity index (χ0v) is 9.52. The Morgan fingerprint density at radius 1 is 1.06 bits per heavy atom. The molecule has 0 saturated heterocycles. The molecule has 0 fully saturated rings. The predicted octanol–water partition coefficient (Wildman–Crippen LogP) is 3.93. The van der Waals surface area contributed by atoms with E-state index < -0.39 is 0 Å². The summed E-state index contributed by atoms with van der Waals surface area (Å²) in [4.78, 5) is 0. The van der Waals surface area contributed by atoms with Gasteiger partial charge in [0, 0.05) is 0 Å². The first-order chi connectivity index (χ1) is 7.92. The third kappa shape index (κ3) is 2.50. The number of benzene rings is 2. The molecule has 0 radical (unpaired) electrons. The predicted molar refractivity (Wildman–Crippen MR) is 68.4 cm³/mol. The molecule has 2 aromatic carbocycles.